The lowest BCUT2D eigenvalue weighted by Crippen LogP contribution is -2.54. The highest BCUT2D eigenvalue weighted by Gasteiger charge is 2.43. The number of carbonyl (C=O) groups is 2. The van der Waals surface area contributed by atoms with Gasteiger partial charge in [-0.1, -0.05) is 20.8 Å². The molecular formula is C20H28F3N3O6. The summed E-state index contributed by atoms with van der Waals surface area (Å²) < 4.78 is 46.4. The van der Waals surface area contributed by atoms with Crippen molar-refractivity contribution in [2.75, 3.05) is 18.5 Å². The van der Waals surface area contributed by atoms with Gasteiger partial charge in [0, 0.05) is 25.7 Å². The Bertz CT molecular complexity index is 875. The van der Waals surface area contributed by atoms with Gasteiger partial charge in [-0.15, -0.1) is 0 Å². The first kappa shape index (κ1) is 27.0. The third-order valence-electron chi connectivity index (χ3n) is 4.43. The van der Waals surface area contributed by atoms with Crippen molar-refractivity contribution in [1.82, 2.24) is 4.90 Å². The summed E-state index contributed by atoms with van der Waals surface area (Å²) in [6, 6.07) is 0.696. The van der Waals surface area contributed by atoms with E-state index >= 15 is 0 Å². The average Bonchev–Trinajstić information content (AvgIpc) is 2.57. The molecule has 0 bridgehead atoms. The second kappa shape index (κ2) is 9.21. The van der Waals surface area contributed by atoms with Crippen LogP contribution in [0.4, 0.5) is 34.1 Å². The van der Waals surface area contributed by atoms with Crippen LogP contribution in [0.1, 0.15) is 47.1 Å². The number of alkyl halides is 3. The van der Waals surface area contributed by atoms with Gasteiger partial charge < -0.3 is 14.7 Å². The van der Waals surface area contributed by atoms with Crippen molar-refractivity contribution in [3.05, 3.63) is 33.9 Å². The Morgan fingerprint density at radius 1 is 1.16 bits per heavy atom. The number of ether oxygens (including phenoxy) is 1. The molecule has 0 aliphatic carbocycles. The predicted molar refractivity (Wildman–Crippen MR) is 111 cm³/mol. The van der Waals surface area contributed by atoms with E-state index in [1.807, 2.05) is 0 Å². The SMILES string of the molecule is CN(CC(N(C(=O)O)c1ccc([N+](=O)[O-])cc1C(F)(F)F)C(C)(C)C)C(=O)OC(C)(C)C. The summed E-state index contributed by atoms with van der Waals surface area (Å²) >= 11 is 0. The van der Waals surface area contributed by atoms with Crippen molar-refractivity contribution in [1.29, 1.82) is 0 Å². The van der Waals surface area contributed by atoms with Crippen molar-refractivity contribution >= 4 is 23.6 Å². The number of carbonyl (C=O) groups excluding carboxylic acids is 1. The summed E-state index contributed by atoms with van der Waals surface area (Å²) in [4.78, 5) is 36.1. The third-order valence-corrected chi connectivity index (χ3v) is 4.43. The molecule has 0 aromatic heterocycles. The fourth-order valence-electron chi connectivity index (χ4n) is 2.90. The lowest BCUT2D eigenvalue weighted by molar-refractivity contribution is -0.385. The quantitative estimate of drug-likeness (QED) is 0.463. The van der Waals surface area contributed by atoms with Gasteiger partial charge in [-0.25, -0.2) is 9.59 Å². The summed E-state index contributed by atoms with van der Waals surface area (Å²) in [5.41, 5.74) is -4.84. The minimum atomic E-state index is -5.06. The van der Waals surface area contributed by atoms with Crippen LogP contribution in [0.15, 0.2) is 18.2 Å². The van der Waals surface area contributed by atoms with E-state index in [0.717, 1.165) is 17.0 Å². The highest BCUT2D eigenvalue weighted by Crippen LogP contribution is 2.41. The average molecular weight is 463 g/mol. The summed E-state index contributed by atoms with van der Waals surface area (Å²) in [5.74, 6) is 0. The highest BCUT2D eigenvalue weighted by molar-refractivity contribution is 5.89. The van der Waals surface area contributed by atoms with E-state index < -0.39 is 57.3 Å². The molecule has 1 rings (SSSR count). The van der Waals surface area contributed by atoms with Crippen LogP contribution in [0.25, 0.3) is 0 Å². The van der Waals surface area contributed by atoms with Crippen LogP contribution in [-0.4, -0.2) is 52.4 Å². The van der Waals surface area contributed by atoms with Crippen molar-refractivity contribution in [2.24, 2.45) is 5.41 Å². The van der Waals surface area contributed by atoms with Crippen molar-refractivity contribution in [3.63, 3.8) is 0 Å². The molecule has 0 saturated carbocycles. The summed E-state index contributed by atoms with van der Waals surface area (Å²) in [6.45, 7) is 9.43. The number of hydrogen-bond acceptors (Lipinski definition) is 5. The first-order valence-corrected chi connectivity index (χ1v) is 9.57. The monoisotopic (exact) mass is 463 g/mol. The molecule has 1 N–H and O–H groups in total. The van der Waals surface area contributed by atoms with E-state index in [2.05, 4.69) is 0 Å². The molecule has 32 heavy (non-hydrogen) atoms. The van der Waals surface area contributed by atoms with Crippen molar-refractivity contribution in [2.45, 2.75) is 59.4 Å². The third kappa shape index (κ3) is 6.99. The van der Waals surface area contributed by atoms with Gasteiger partial charge in [0.25, 0.3) is 5.69 Å². The van der Waals surface area contributed by atoms with E-state index in [0.29, 0.717) is 11.0 Å². The van der Waals surface area contributed by atoms with Crippen LogP contribution in [0.2, 0.25) is 0 Å². The number of likely N-dealkylation sites (N-methyl/N-ethyl adjacent to an activating group) is 1. The molecule has 1 atom stereocenters. The van der Waals surface area contributed by atoms with Crippen LogP contribution in [0.3, 0.4) is 0 Å². The normalized spacial score (nSPS) is 13.3. The van der Waals surface area contributed by atoms with Crippen LogP contribution in [-0.2, 0) is 10.9 Å². The maximum atomic E-state index is 13.7. The molecular weight excluding hydrogens is 435 g/mol. The predicted octanol–water partition coefficient (Wildman–Crippen LogP) is 5.38. The largest absolute Gasteiger partial charge is 0.465 e. The Balaban J connectivity index is 3.58. The second-order valence-corrected chi connectivity index (χ2v) is 9.35. The van der Waals surface area contributed by atoms with Gasteiger partial charge in [0.1, 0.15) is 5.60 Å². The minimum absolute atomic E-state index is 0.293. The van der Waals surface area contributed by atoms with Gasteiger partial charge in [-0.2, -0.15) is 13.2 Å². The Kier molecular flexibility index (Phi) is 7.77. The molecule has 1 aromatic rings. The first-order valence-electron chi connectivity index (χ1n) is 9.57. The lowest BCUT2D eigenvalue weighted by Gasteiger charge is -2.41. The Labute approximate surface area is 183 Å². The number of nitro groups is 1. The van der Waals surface area contributed by atoms with Crippen LogP contribution < -0.4 is 4.90 Å². The molecule has 2 amide bonds. The standard InChI is InChI=1S/C20H28F3N3O6/c1-18(2,3)15(11-24(7)17(29)32-19(4,5)6)25(16(27)28)14-9-8-12(26(30)31)10-13(14)20(21,22)23/h8-10,15H,11H2,1-7H3,(H,27,28). The number of halogens is 3. The maximum absolute atomic E-state index is 13.7. The molecule has 0 heterocycles. The smallest absolute Gasteiger partial charge is 0.418 e. The fourth-order valence-corrected chi connectivity index (χ4v) is 2.90. The molecule has 180 valence electrons. The van der Waals surface area contributed by atoms with Crippen LogP contribution >= 0.6 is 0 Å². The lowest BCUT2D eigenvalue weighted by atomic mass is 9.84. The van der Waals surface area contributed by atoms with E-state index in [9.17, 15) is 38.0 Å². The number of anilines is 1. The number of amides is 2. The van der Waals surface area contributed by atoms with Crippen molar-refractivity contribution in [3.8, 4) is 0 Å². The van der Waals surface area contributed by atoms with Gasteiger partial charge >= 0.3 is 18.4 Å². The number of non-ortho nitro benzene ring substituents is 1. The fraction of sp³-hybridized carbons (Fsp3) is 0.600. The van der Waals surface area contributed by atoms with Gasteiger partial charge in [-0.05, 0) is 32.3 Å². The van der Waals surface area contributed by atoms with Crippen molar-refractivity contribution < 1.29 is 37.5 Å². The maximum Gasteiger partial charge on any atom is 0.418 e. The molecule has 0 aliphatic heterocycles. The molecule has 12 heteroatoms. The summed E-state index contributed by atoms with van der Waals surface area (Å²) in [6.07, 6.45) is -7.55. The number of hydrogen-bond donors (Lipinski definition) is 1. The van der Waals surface area contributed by atoms with Gasteiger partial charge in [0.05, 0.1) is 22.2 Å². The molecule has 9 nitrogen and oxygen atoms in total. The molecule has 0 spiro atoms. The van der Waals surface area contributed by atoms with Crippen LogP contribution in [0, 0.1) is 15.5 Å². The minimum Gasteiger partial charge on any atom is -0.465 e. The zero-order chi connectivity index (χ0) is 25.2. The molecule has 0 fully saturated rings. The van der Waals surface area contributed by atoms with E-state index in [4.69, 9.17) is 4.74 Å². The number of benzene rings is 1. The van der Waals surface area contributed by atoms with Gasteiger partial charge in [0.15, 0.2) is 0 Å². The molecule has 0 saturated heterocycles. The van der Waals surface area contributed by atoms with Crippen LogP contribution in [0.5, 0.6) is 0 Å². The molecule has 0 aliphatic rings. The first-order chi connectivity index (χ1) is 14.3. The van der Waals surface area contributed by atoms with Gasteiger partial charge in [-0.3, -0.25) is 15.0 Å². The number of nitrogens with zero attached hydrogens (tertiary/aromatic N) is 3. The zero-order valence-electron chi connectivity index (χ0n) is 19.0. The van der Waals surface area contributed by atoms with E-state index in [1.54, 1.807) is 41.5 Å². The summed E-state index contributed by atoms with van der Waals surface area (Å²) in [7, 11) is 1.34. The highest BCUT2D eigenvalue weighted by atomic mass is 19.4. The summed E-state index contributed by atoms with van der Waals surface area (Å²) in [5, 5.41) is 20.8. The Morgan fingerprint density at radius 3 is 2.06 bits per heavy atom. The van der Waals surface area contributed by atoms with E-state index in [-0.39, 0.29) is 6.54 Å². The number of nitro benzene ring substituents is 1. The number of carboxylic acid groups (broad SMARTS) is 1. The molecule has 1 aromatic carbocycles. The Hall–Kier alpha value is -3.05. The topological polar surface area (TPSA) is 113 Å². The van der Waals surface area contributed by atoms with Gasteiger partial charge in [0.2, 0.25) is 0 Å². The molecule has 1 unspecified atom stereocenters. The zero-order valence-corrected chi connectivity index (χ0v) is 19.0. The number of rotatable bonds is 5. The second-order valence-electron chi connectivity index (χ2n) is 9.35. The Morgan fingerprint density at radius 2 is 1.69 bits per heavy atom. The van der Waals surface area contributed by atoms with E-state index in [1.165, 1.54) is 7.05 Å². The molecule has 0 radical (unpaired) electrons.